The number of aliphatic hydroxyl groups excluding tert-OH is 9. The maximum Gasteiger partial charge on any atom is 0.311 e. The highest BCUT2D eigenvalue weighted by molar-refractivity contribution is 7.80. The largest absolute Gasteiger partial charge is 0.481 e. The monoisotopic (exact) mass is 1090 g/mol. The second kappa shape index (κ2) is 33.0. The van der Waals surface area contributed by atoms with Crippen molar-refractivity contribution in [3.63, 3.8) is 0 Å². The number of esters is 1. The van der Waals surface area contributed by atoms with E-state index in [1.54, 1.807) is 75.5 Å². The molecular formula is C55H87N3O17S. The maximum absolute atomic E-state index is 12.7. The Hall–Kier alpha value is -3.75. The van der Waals surface area contributed by atoms with Crippen molar-refractivity contribution in [2.75, 3.05) is 26.2 Å². The Balaban J connectivity index is 1.56. The molecule has 0 amide bonds. The van der Waals surface area contributed by atoms with Crippen LogP contribution in [0.2, 0.25) is 0 Å². The standard InChI is InChI=1S/C55H87N3O17S/c1-34-20-16-13-11-9-7-5-6-8-10-12-14-17-21-41(74-53-51(68)48(50(67)37(4)73-53)57-54(76)56-24-27-58-25-18-15-19-26-58)31-45-47(52(69)70)44(64)33-55(71,75-45)32-40(61)29-43(63)42(62)23-22-38(59)28-39(60)30-46(65)72-36(3)35(2)49(34)66/h5-14,16-17,20-21,34-45,47-51,53,59-64,66-68,71H,15,18-19,22-33H2,1-4H3,(H,69,70)(H2,56,57,76)/b6-5+,9-7+,10-8+,13-11+,14-12+,20-16+,21-17+/t34-,35-,36-,37-,38+,39+,40-,41-,42+,43+,44-,45-,47+,48-,49+,50+,51-,53-,55+/m0/s1. The first-order valence-corrected chi connectivity index (χ1v) is 27.2. The molecule has 0 saturated carbocycles. The van der Waals surface area contributed by atoms with Crippen molar-refractivity contribution in [2.45, 2.75) is 196 Å². The number of fused-ring (bicyclic) bond motifs is 2. The number of hydrogen-bond donors (Lipinski definition) is 13. The van der Waals surface area contributed by atoms with Crippen LogP contribution in [0.25, 0.3) is 0 Å². The Morgan fingerprint density at radius 3 is 1.93 bits per heavy atom. The van der Waals surface area contributed by atoms with Gasteiger partial charge in [0.1, 0.15) is 24.2 Å². The number of carbonyl (C=O) groups excluding carboxylic acids is 1. The summed E-state index contributed by atoms with van der Waals surface area (Å²) in [5.41, 5.74) is 0. The minimum absolute atomic E-state index is 0.112. The number of carbonyl (C=O) groups is 2. The molecule has 0 radical (unpaired) electrons. The molecule has 20 nitrogen and oxygen atoms in total. The first-order valence-electron chi connectivity index (χ1n) is 26.8. The Bertz CT molecular complexity index is 1980. The second-order valence-electron chi connectivity index (χ2n) is 20.8. The lowest BCUT2D eigenvalue weighted by molar-refractivity contribution is -0.309. The molecule has 4 aliphatic heterocycles. The third-order valence-corrected chi connectivity index (χ3v) is 14.7. The highest BCUT2D eigenvalue weighted by Gasteiger charge is 2.51. The molecule has 19 atom stereocenters. The Kier molecular flexibility index (Phi) is 28.1. The van der Waals surface area contributed by atoms with E-state index in [-0.39, 0.29) is 36.7 Å². The number of carboxylic acids is 1. The number of piperidine rings is 1. The molecule has 21 heteroatoms. The van der Waals surface area contributed by atoms with Gasteiger partial charge in [-0.2, -0.15) is 0 Å². The Labute approximate surface area is 452 Å². The van der Waals surface area contributed by atoms with Crippen LogP contribution in [0.4, 0.5) is 0 Å². The molecule has 0 spiro atoms. The summed E-state index contributed by atoms with van der Waals surface area (Å²) in [6.45, 7) is 10.1. The van der Waals surface area contributed by atoms with Gasteiger partial charge in [-0.15, -0.1) is 0 Å². The number of nitrogens with zero attached hydrogens (tertiary/aromatic N) is 1. The third-order valence-electron chi connectivity index (χ3n) is 14.4. The molecule has 2 bridgehead atoms. The van der Waals surface area contributed by atoms with Crippen molar-refractivity contribution in [1.82, 2.24) is 15.5 Å². The van der Waals surface area contributed by atoms with Gasteiger partial charge in [-0.1, -0.05) is 105 Å². The zero-order chi connectivity index (χ0) is 56.0. The number of rotatable bonds is 7. The van der Waals surface area contributed by atoms with E-state index in [4.69, 9.17) is 31.2 Å². The summed E-state index contributed by atoms with van der Waals surface area (Å²) in [7, 11) is 0. The molecule has 13 N–H and O–H groups in total. The summed E-state index contributed by atoms with van der Waals surface area (Å²) in [6, 6.07) is -1.06. The first kappa shape index (κ1) is 64.8. The number of hydrogen-bond acceptors (Lipinski definition) is 18. The van der Waals surface area contributed by atoms with Crippen LogP contribution in [0.15, 0.2) is 85.1 Å². The Morgan fingerprint density at radius 2 is 1.32 bits per heavy atom. The first-order chi connectivity index (χ1) is 36.1. The van der Waals surface area contributed by atoms with Crippen LogP contribution >= 0.6 is 12.2 Å². The van der Waals surface area contributed by atoms with Gasteiger partial charge in [0.2, 0.25) is 0 Å². The van der Waals surface area contributed by atoms with Gasteiger partial charge in [0.25, 0.3) is 0 Å². The fraction of sp³-hybridized carbons (Fsp3) is 0.691. The van der Waals surface area contributed by atoms with E-state index >= 15 is 0 Å². The number of ether oxygens (including phenoxy) is 4. The number of nitrogens with one attached hydrogen (secondary N) is 2. The van der Waals surface area contributed by atoms with E-state index in [9.17, 15) is 65.8 Å². The molecule has 0 aliphatic carbocycles. The molecule has 3 saturated heterocycles. The van der Waals surface area contributed by atoms with Crippen molar-refractivity contribution in [1.29, 1.82) is 0 Å². The van der Waals surface area contributed by atoms with Crippen molar-refractivity contribution >= 4 is 29.3 Å². The van der Waals surface area contributed by atoms with Gasteiger partial charge in [0.15, 0.2) is 17.2 Å². The number of allylic oxidation sites excluding steroid dienone is 12. The van der Waals surface area contributed by atoms with Gasteiger partial charge in [-0.25, -0.2) is 0 Å². The van der Waals surface area contributed by atoms with Crippen LogP contribution in [0.3, 0.4) is 0 Å². The fourth-order valence-corrected chi connectivity index (χ4v) is 10.1. The van der Waals surface area contributed by atoms with Gasteiger partial charge in [0, 0.05) is 50.6 Å². The molecule has 3 fully saturated rings. The SMILES string of the molecule is C[C@@H]1[C@H](O)[C@@H](C)/C=C/C=C/C=C/C=C/C=C/C=C/C=C/[C@H](O[C@@H]2O[C@@H](C)[C@@H](O)[C@H](NC(=S)NCCN3CCCCC3)[C@@H]2O)C[C@@H]2O[C@](O)(C[C@@H](O)C[C@@H](O)[C@H](O)CC[C@@H](O)C[C@@H](O)CC(=O)O[C@H]1C)C[C@H](O)[C@H]2C(=O)O. The lowest BCUT2D eigenvalue weighted by atomic mass is 9.82. The number of aliphatic carboxylic acids is 1. The van der Waals surface area contributed by atoms with Crippen LogP contribution < -0.4 is 10.6 Å². The maximum atomic E-state index is 12.7. The summed E-state index contributed by atoms with van der Waals surface area (Å²) in [5, 5.41) is 127. The average molecular weight is 1090 g/mol. The third kappa shape index (κ3) is 22.2. The molecular weight excluding hydrogens is 1010 g/mol. The molecule has 4 heterocycles. The molecule has 0 aromatic carbocycles. The van der Waals surface area contributed by atoms with Crippen molar-refractivity contribution in [2.24, 2.45) is 17.8 Å². The zero-order valence-electron chi connectivity index (χ0n) is 44.3. The minimum atomic E-state index is -2.35. The molecule has 76 heavy (non-hydrogen) atoms. The fourth-order valence-electron chi connectivity index (χ4n) is 9.82. The molecule has 4 aliphatic rings. The highest BCUT2D eigenvalue weighted by Crippen LogP contribution is 2.38. The highest BCUT2D eigenvalue weighted by atomic mass is 32.1. The lowest BCUT2D eigenvalue weighted by Gasteiger charge is -2.45. The van der Waals surface area contributed by atoms with E-state index in [0.717, 1.165) is 32.5 Å². The number of carboxylic acid groups (broad SMARTS) is 1. The quantitative estimate of drug-likeness (QED) is 0.127. The van der Waals surface area contributed by atoms with Crippen molar-refractivity contribution in [3.8, 4) is 0 Å². The number of aliphatic hydroxyl groups is 10. The van der Waals surface area contributed by atoms with E-state index in [2.05, 4.69) is 15.5 Å². The summed E-state index contributed by atoms with van der Waals surface area (Å²) < 4.78 is 23.8. The van der Waals surface area contributed by atoms with E-state index in [1.807, 2.05) is 37.3 Å². The summed E-state index contributed by atoms with van der Waals surface area (Å²) in [5.74, 6) is -6.89. The van der Waals surface area contributed by atoms with Crippen LogP contribution in [0, 0.1) is 17.8 Å². The van der Waals surface area contributed by atoms with Crippen LogP contribution in [0.1, 0.15) is 98.3 Å². The van der Waals surface area contributed by atoms with Crippen molar-refractivity contribution in [3.05, 3.63) is 85.1 Å². The van der Waals surface area contributed by atoms with Gasteiger partial charge >= 0.3 is 11.9 Å². The van der Waals surface area contributed by atoms with Gasteiger partial charge in [0.05, 0.1) is 73.5 Å². The number of likely N-dealkylation sites (tertiary alicyclic amines) is 1. The molecule has 430 valence electrons. The van der Waals surface area contributed by atoms with E-state index in [1.165, 1.54) is 6.42 Å². The Morgan fingerprint density at radius 1 is 0.711 bits per heavy atom. The van der Waals surface area contributed by atoms with E-state index < -0.39 is 147 Å². The summed E-state index contributed by atoms with van der Waals surface area (Å²) >= 11 is 5.54. The van der Waals surface area contributed by atoms with Gasteiger partial charge in [-0.3, -0.25) is 9.59 Å². The van der Waals surface area contributed by atoms with Crippen LogP contribution in [-0.2, 0) is 28.5 Å². The zero-order valence-corrected chi connectivity index (χ0v) is 45.1. The predicted octanol–water partition coefficient (Wildman–Crippen LogP) is 1.70. The van der Waals surface area contributed by atoms with Crippen molar-refractivity contribution < 1.29 is 84.7 Å². The average Bonchev–Trinajstić information content (AvgIpc) is 3.35. The number of cyclic esters (lactones) is 1. The van der Waals surface area contributed by atoms with Crippen LogP contribution in [0.5, 0.6) is 0 Å². The second-order valence-corrected chi connectivity index (χ2v) is 21.2. The predicted molar refractivity (Wildman–Crippen MR) is 287 cm³/mol. The van der Waals surface area contributed by atoms with Gasteiger partial charge < -0.3 is 90.7 Å². The summed E-state index contributed by atoms with van der Waals surface area (Å²) in [4.78, 5) is 27.7. The molecule has 4 rings (SSSR count). The number of thiocarbonyl (C=S) groups is 1. The lowest BCUT2D eigenvalue weighted by Crippen LogP contribution is -2.65. The molecule has 0 unspecified atom stereocenters. The minimum Gasteiger partial charge on any atom is -0.481 e. The van der Waals surface area contributed by atoms with Crippen LogP contribution in [-0.4, -0.2) is 202 Å². The normalized spacial score (nSPS) is 41.9. The smallest absolute Gasteiger partial charge is 0.311 e. The molecule has 0 aromatic heterocycles. The van der Waals surface area contributed by atoms with Gasteiger partial charge in [-0.05, 0) is 71.3 Å². The summed E-state index contributed by atoms with van der Waals surface area (Å²) in [6.07, 6.45) is 6.78. The van der Waals surface area contributed by atoms with E-state index in [0.29, 0.717) is 6.54 Å². The molecule has 0 aromatic rings. The topological polar surface area (TPSA) is 321 Å².